The first kappa shape index (κ1) is 25.4. The molecule has 1 atom stereocenters. The van der Waals surface area contributed by atoms with Gasteiger partial charge in [0.2, 0.25) is 5.88 Å². The van der Waals surface area contributed by atoms with Crippen LogP contribution < -0.4 is 4.90 Å². The number of nitrogens with zero attached hydrogens (tertiary/aromatic N) is 3. The third-order valence-electron chi connectivity index (χ3n) is 6.27. The Balaban J connectivity index is 1.49. The Morgan fingerprint density at radius 3 is 2.69 bits per heavy atom. The smallest absolute Gasteiger partial charge is 0.232 e. The van der Waals surface area contributed by atoms with Crippen LogP contribution in [-0.2, 0) is 22.6 Å². The van der Waals surface area contributed by atoms with Crippen molar-refractivity contribution in [2.75, 3.05) is 51.4 Å². The summed E-state index contributed by atoms with van der Waals surface area (Å²) in [7, 11) is 1.71. The average molecular weight is 484 g/mol. The van der Waals surface area contributed by atoms with Crippen molar-refractivity contribution in [3.05, 3.63) is 60.1 Å². The molecule has 8 heteroatoms. The van der Waals surface area contributed by atoms with Crippen LogP contribution >= 0.6 is 0 Å². The normalized spacial score (nSPS) is 15.1. The highest BCUT2D eigenvalue weighted by Gasteiger charge is 2.26. The van der Waals surface area contributed by atoms with Gasteiger partial charge in [0.05, 0.1) is 24.5 Å². The summed E-state index contributed by atoms with van der Waals surface area (Å²) in [4.78, 5) is 4.56. The Kier molecular flexibility index (Phi) is 9.77. The van der Waals surface area contributed by atoms with E-state index in [1.165, 1.54) is 6.42 Å². The van der Waals surface area contributed by atoms with Gasteiger partial charge in [-0.05, 0) is 37.8 Å². The van der Waals surface area contributed by atoms with Crippen LogP contribution in [-0.4, -0.2) is 67.8 Å². The van der Waals surface area contributed by atoms with Crippen molar-refractivity contribution >= 4 is 5.88 Å². The number of piperidine rings is 1. The van der Waals surface area contributed by atoms with E-state index in [0.29, 0.717) is 26.3 Å². The molecule has 0 amide bonds. The van der Waals surface area contributed by atoms with Gasteiger partial charge in [-0.15, -0.1) is 0 Å². The van der Waals surface area contributed by atoms with E-state index in [1.807, 2.05) is 30.3 Å². The molecule has 0 radical (unpaired) electrons. The number of hydrogen-bond acceptors (Lipinski definition) is 8. The van der Waals surface area contributed by atoms with Gasteiger partial charge in [-0.2, -0.15) is 0 Å². The lowest BCUT2D eigenvalue weighted by Gasteiger charge is -2.29. The van der Waals surface area contributed by atoms with Gasteiger partial charge in [0.15, 0.2) is 0 Å². The third kappa shape index (κ3) is 7.41. The van der Waals surface area contributed by atoms with Crippen molar-refractivity contribution in [3.63, 3.8) is 0 Å². The quantitative estimate of drug-likeness (QED) is 0.339. The highest BCUT2D eigenvalue weighted by molar-refractivity contribution is 5.68. The molecule has 1 N–H and O–H groups in total. The van der Waals surface area contributed by atoms with Gasteiger partial charge in [-0.25, -0.2) is 0 Å². The standard InChI is InChI=1S/C27H37N3O5/c1-32-16-9-13-29(18-23(31)20-33-21-24-12-8-17-34-24)19-25-26(22-10-4-2-5-11-22)28-35-27(25)30-14-6-3-7-15-30/h2,4-5,8,10-12,17,23,31H,3,6-7,9,13-16,18-21H2,1H3. The molecule has 1 aromatic carbocycles. The van der Waals surface area contributed by atoms with Crippen molar-refractivity contribution < 1.29 is 23.5 Å². The van der Waals surface area contributed by atoms with E-state index in [0.717, 1.165) is 67.4 Å². The molecule has 1 fully saturated rings. The van der Waals surface area contributed by atoms with Gasteiger partial charge in [0.25, 0.3) is 0 Å². The monoisotopic (exact) mass is 483 g/mol. The molecule has 1 unspecified atom stereocenters. The van der Waals surface area contributed by atoms with E-state index in [9.17, 15) is 5.11 Å². The Bertz CT molecular complexity index is 970. The first-order valence-electron chi connectivity index (χ1n) is 12.5. The summed E-state index contributed by atoms with van der Waals surface area (Å²) < 4.78 is 22.2. The van der Waals surface area contributed by atoms with Gasteiger partial charge < -0.3 is 28.4 Å². The fourth-order valence-electron chi connectivity index (χ4n) is 4.54. The van der Waals surface area contributed by atoms with Crippen molar-refractivity contribution in [1.82, 2.24) is 10.1 Å². The Morgan fingerprint density at radius 1 is 1.11 bits per heavy atom. The number of aliphatic hydroxyl groups excluding tert-OH is 1. The summed E-state index contributed by atoms with van der Waals surface area (Å²) >= 11 is 0. The molecule has 3 aromatic rings. The number of methoxy groups -OCH3 is 1. The van der Waals surface area contributed by atoms with Crippen LogP contribution in [0.3, 0.4) is 0 Å². The number of hydrogen-bond donors (Lipinski definition) is 1. The molecule has 1 aliphatic rings. The second kappa shape index (κ2) is 13.4. The molecule has 0 spiro atoms. The third-order valence-corrected chi connectivity index (χ3v) is 6.27. The van der Waals surface area contributed by atoms with E-state index >= 15 is 0 Å². The summed E-state index contributed by atoms with van der Waals surface area (Å²) in [6.45, 7) is 5.07. The molecule has 0 saturated carbocycles. The number of anilines is 1. The first-order valence-corrected chi connectivity index (χ1v) is 12.5. The van der Waals surface area contributed by atoms with E-state index in [-0.39, 0.29) is 6.61 Å². The highest BCUT2D eigenvalue weighted by atomic mass is 16.5. The molecule has 8 nitrogen and oxygen atoms in total. The van der Waals surface area contributed by atoms with E-state index in [4.69, 9.17) is 18.4 Å². The lowest BCUT2D eigenvalue weighted by Crippen LogP contribution is -2.36. The van der Waals surface area contributed by atoms with Gasteiger partial charge >= 0.3 is 0 Å². The minimum atomic E-state index is -0.633. The summed E-state index contributed by atoms with van der Waals surface area (Å²) in [5, 5.41) is 15.3. The Hall–Kier alpha value is -2.65. The Morgan fingerprint density at radius 2 is 1.94 bits per heavy atom. The fourth-order valence-corrected chi connectivity index (χ4v) is 4.54. The number of aromatic nitrogens is 1. The molecule has 3 heterocycles. The van der Waals surface area contributed by atoms with Gasteiger partial charge in [-0.3, -0.25) is 4.90 Å². The maximum Gasteiger partial charge on any atom is 0.232 e. The second-order valence-corrected chi connectivity index (χ2v) is 9.06. The van der Waals surface area contributed by atoms with E-state index in [1.54, 1.807) is 13.4 Å². The first-order chi connectivity index (χ1) is 17.2. The number of furan rings is 1. The zero-order valence-corrected chi connectivity index (χ0v) is 20.6. The van der Waals surface area contributed by atoms with Crippen molar-refractivity contribution in [1.29, 1.82) is 0 Å². The number of ether oxygens (including phenoxy) is 2. The van der Waals surface area contributed by atoms with E-state index < -0.39 is 6.10 Å². The van der Waals surface area contributed by atoms with Crippen molar-refractivity contribution in [3.8, 4) is 11.3 Å². The highest BCUT2D eigenvalue weighted by Crippen LogP contribution is 2.34. The van der Waals surface area contributed by atoms with Crippen LogP contribution in [0.1, 0.15) is 37.0 Å². The van der Waals surface area contributed by atoms with Crippen LogP contribution in [0.25, 0.3) is 11.3 Å². The molecule has 2 aromatic heterocycles. The topological polar surface area (TPSA) is 84.3 Å². The molecule has 35 heavy (non-hydrogen) atoms. The molecule has 4 rings (SSSR count). The molecule has 1 saturated heterocycles. The SMILES string of the molecule is COCCCN(Cc1c(-c2ccccc2)noc1N1CCCCC1)CC(O)COCc1ccco1. The predicted octanol–water partition coefficient (Wildman–Crippen LogP) is 4.34. The van der Waals surface area contributed by atoms with E-state index in [2.05, 4.69) is 27.1 Å². The van der Waals surface area contributed by atoms with Gasteiger partial charge in [0.1, 0.15) is 18.1 Å². The zero-order chi connectivity index (χ0) is 24.3. The van der Waals surface area contributed by atoms with Crippen LogP contribution in [0, 0.1) is 0 Å². The lowest BCUT2D eigenvalue weighted by atomic mass is 10.1. The van der Waals surface area contributed by atoms with Crippen LogP contribution in [0.5, 0.6) is 0 Å². The molecule has 0 aliphatic carbocycles. The number of aliphatic hydroxyl groups is 1. The predicted molar refractivity (Wildman–Crippen MR) is 134 cm³/mol. The van der Waals surface area contributed by atoms with Crippen LogP contribution in [0.4, 0.5) is 5.88 Å². The summed E-state index contributed by atoms with van der Waals surface area (Å²) in [6, 6.07) is 13.9. The van der Waals surface area contributed by atoms with Crippen molar-refractivity contribution in [2.45, 2.75) is 44.9 Å². The summed E-state index contributed by atoms with van der Waals surface area (Å²) in [5.41, 5.74) is 2.97. The Labute approximate surface area is 207 Å². The lowest BCUT2D eigenvalue weighted by molar-refractivity contribution is 0.00283. The molecular weight excluding hydrogens is 446 g/mol. The maximum absolute atomic E-state index is 10.8. The maximum atomic E-state index is 10.8. The number of benzene rings is 1. The minimum absolute atomic E-state index is 0.232. The molecule has 0 bridgehead atoms. The summed E-state index contributed by atoms with van der Waals surface area (Å²) in [6.07, 6.45) is 5.41. The van der Waals surface area contributed by atoms with Gasteiger partial charge in [0, 0.05) is 52.0 Å². The zero-order valence-electron chi connectivity index (χ0n) is 20.6. The molecule has 190 valence electrons. The largest absolute Gasteiger partial charge is 0.467 e. The van der Waals surface area contributed by atoms with Crippen LogP contribution in [0.2, 0.25) is 0 Å². The second-order valence-electron chi connectivity index (χ2n) is 9.06. The average Bonchev–Trinajstić information content (AvgIpc) is 3.55. The minimum Gasteiger partial charge on any atom is -0.467 e. The molecule has 1 aliphatic heterocycles. The van der Waals surface area contributed by atoms with Crippen LogP contribution in [0.15, 0.2) is 57.7 Å². The number of rotatable bonds is 14. The van der Waals surface area contributed by atoms with Gasteiger partial charge in [-0.1, -0.05) is 35.5 Å². The fraction of sp³-hybridized carbons (Fsp3) is 0.519. The van der Waals surface area contributed by atoms with Crippen molar-refractivity contribution in [2.24, 2.45) is 0 Å². The summed E-state index contributed by atoms with van der Waals surface area (Å²) in [5.74, 6) is 1.60. The molecular formula is C27H37N3O5.